The van der Waals surface area contributed by atoms with E-state index in [0.717, 1.165) is 16.0 Å². The minimum atomic E-state index is 0.313. The maximum absolute atomic E-state index is 5.54. The zero-order chi connectivity index (χ0) is 13.6. The SMILES string of the molecule is COc1ccc2c(c1)[nH]c(=S)n2C1CCCC1(C)C. The Morgan fingerprint density at radius 2 is 2.21 bits per heavy atom. The molecule has 1 aromatic heterocycles. The molecule has 1 aliphatic rings. The zero-order valence-electron chi connectivity index (χ0n) is 11.7. The van der Waals surface area contributed by atoms with Gasteiger partial charge in [0.25, 0.3) is 0 Å². The zero-order valence-corrected chi connectivity index (χ0v) is 12.5. The van der Waals surface area contributed by atoms with Crippen molar-refractivity contribution in [3.8, 4) is 5.75 Å². The van der Waals surface area contributed by atoms with Crippen molar-refractivity contribution < 1.29 is 4.74 Å². The van der Waals surface area contributed by atoms with E-state index in [1.807, 2.05) is 12.1 Å². The standard InChI is InChI=1S/C15H20N2OS/c1-15(2)8-4-5-13(15)17-12-7-6-10(18-3)9-11(12)16-14(17)19/h6-7,9,13H,4-5,8H2,1-3H3,(H,16,19). The maximum atomic E-state index is 5.54. The maximum Gasteiger partial charge on any atom is 0.178 e. The highest BCUT2D eigenvalue weighted by Gasteiger charge is 2.36. The van der Waals surface area contributed by atoms with E-state index in [9.17, 15) is 0 Å². The van der Waals surface area contributed by atoms with Gasteiger partial charge in [0.15, 0.2) is 4.77 Å². The Balaban J connectivity index is 2.19. The summed E-state index contributed by atoms with van der Waals surface area (Å²) in [5.74, 6) is 0.863. The molecule has 0 radical (unpaired) electrons. The Labute approximate surface area is 118 Å². The molecule has 0 aliphatic heterocycles. The van der Waals surface area contributed by atoms with Crippen LogP contribution in [0.4, 0.5) is 0 Å². The Kier molecular flexibility index (Phi) is 2.93. The van der Waals surface area contributed by atoms with Gasteiger partial charge >= 0.3 is 0 Å². The van der Waals surface area contributed by atoms with Crippen LogP contribution < -0.4 is 4.74 Å². The van der Waals surface area contributed by atoms with Crippen LogP contribution in [-0.4, -0.2) is 16.7 Å². The molecule has 3 nitrogen and oxygen atoms in total. The molecular weight excluding hydrogens is 256 g/mol. The molecule has 1 aliphatic carbocycles. The van der Waals surface area contributed by atoms with E-state index in [2.05, 4.69) is 29.5 Å². The molecule has 1 aromatic carbocycles. The summed E-state index contributed by atoms with van der Waals surface area (Å²) < 4.78 is 8.40. The summed E-state index contributed by atoms with van der Waals surface area (Å²) in [5, 5.41) is 0. The van der Waals surface area contributed by atoms with E-state index in [0.29, 0.717) is 11.5 Å². The average Bonchev–Trinajstić information content (AvgIpc) is 2.86. The van der Waals surface area contributed by atoms with Gasteiger partial charge in [-0.25, -0.2) is 0 Å². The van der Waals surface area contributed by atoms with E-state index in [1.54, 1.807) is 7.11 Å². The molecule has 1 unspecified atom stereocenters. The smallest absolute Gasteiger partial charge is 0.178 e. The lowest BCUT2D eigenvalue weighted by Crippen LogP contribution is -2.21. The van der Waals surface area contributed by atoms with Gasteiger partial charge in [-0.3, -0.25) is 0 Å². The summed E-state index contributed by atoms with van der Waals surface area (Å²) in [7, 11) is 1.69. The van der Waals surface area contributed by atoms with Gasteiger partial charge in [-0.05, 0) is 42.6 Å². The van der Waals surface area contributed by atoms with Crippen LogP contribution in [0.3, 0.4) is 0 Å². The molecule has 102 valence electrons. The highest BCUT2D eigenvalue weighted by Crippen LogP contribution is 2.47. The van der Waals surface area contributed by atoms with Crippen LogP contribution in [0.1, 0.15) is 39.2 Å². The minimum Gasteiger partial charge on any atom is -0.497 e. The minimum absolute atomic E-state index is 0.313. The van der Waals surface area contributed by atoms with Crippen LogP contribution in [0.5, 0.6) is 5.75 Å². The molecule has 0 bridgehead atoms. The third-order valence-electron chi connectivity index (χ3n) is 4.44. The molecule has 1 saturated carbocycles. The first-order valence-corrected chi connectivity index (χ1v) is 7.22. The summed E-state index contributed by atoms with van der Waals surface area (Å²) in [6.45, 7) is 4.68. The molecule has 0 saturated heterocycles. The van der Waals surface area contributed by atoms with Gasteiger partial charge in [0.05, 0.1) is 18.1 Å². The quantitative estimate of drug-likeness (QED) is 0.821. The molecule has 4 heteroatoms. The summed E-state index contributed by atoms with van der Waals surface area (Å²) in [4.78, 5) is 3.31. The summed E-state index contributed by atoms with van der Waals surface area (Å²) in [6.07, 6.45) is 3.75. The number of nitrogens with zero attached hydrogens (tertiary/aromatic N) is 1. The Hall–Kier alpha value is -1.29. The summed E-state index contributed by atoms with van der Waals surface area (Å²) >= 11 is 5.54. The second-order valence-electron chi connectivity index (χ2n) is 6.08. The van der Waals surface area contributed by atoms with Crippen LogP contribution in [0, 0.1) is 10.2 Å². The number of rotatable bonds is 2. The molecule has 0 amide bonds. The van der Waals surface area contributed by atoms with Crippen molar-refractivity contribution >= 4 is 23.3 Å². The molecular formula is C15H20N2OS. The normalized spacial score (nSPS) is 21.9. The number of hydrogen-bond donors (Lipinski definition) is 1. The average molecular weight is 276 g/mol. The van der Waals surface area contributed by atoms with Crippen molar-refractivity contribution in [1.29, 1.82) is 0 Å². The van der Waals surface area contributed by atoms with E-state index >= 15 is 0 Å². The lowest BCUT2D eigenvalue weighted by Gasteiger charge is -2.28. The van der Waals surface area contributed by atoms with Gasteiger partial charge in [-0.15, -0.1) is 0 Å². The molecule has 1 fully saturated rings. The summed E-state index contributed by atoms with van der Waals surface area (Å²) in [6, 6.07) is 6.61. The van der Waals surface area contributed by atoms with Crippen LogP contribution in [-0.2, 0) is 0 Å². The van der Waals surface area contributed by atoms with Gasteiger partial charge in [-0.1, -0.05) is 20.3 Å². The number of methoxy groups -OCH3 is 1. The Morgan fingerprint density at radius 3 is 2.84 bits per heavy atom. The topological polar surface area (TPSA) is 29.9 Å². The van der Waals surface area contributed by atoms with Gasteiger partial charge in [-0.2, -0.15) is 0 Å². The number of imidazole rings is 1. The summed E-state index contributed by atoms with van der Waals surface area (Å²) in [5.41, 5.74) is 2.56. The van der Waals surface area contributed by atoms with E-state index in [1.165, 1.54) is 24.8 Å². The van der Waals surface area contributed by atoms with E-state index < -0.39 is 0 Å². The monoisotopic (exact) mass is 276 g/mol. The predicted octanol–water partition coefficient (Wildman–Crippen LogP) is 4.46. The third kappa shape index (κ3) is 1.98. The molecule has 0 spiro atoms. The molecule has 1 heterocycles. The number of aromatic amines is 1. The third-order valence-corrected chi connectivity index (χ3v) is 4.73. The van der Waals surface area contributed by atoms with Crippen molar-refractivity contribution in [2.75, 3.05) is 7.11 Å². The van der Waals surface area contributed by atoms with Crippen LogP contribution in [0.2, 0.25) is 0 Å². The number of aromatic nitrogens is 2. The molecule has 19 heavy (non-hydrogen) atoms. The number of H-pyrrole nitrogens is 1. The van der Waals surface area contributed by atoms with E-state index in [4.69, 9.17) is 17.0 Å². The van der Waals surface area contributed by atoms with Crippen LogP contribution >= 0.6 is 12.2 Å². The van der Waals surface area contributed by atoms with Crippen molar-refractivity contribution in [2.24, 2.45) is 5.41 Å². The van der Waals surface area contributed by atoms with Crippen molar-refractivity contribution in [3.05, 3.63) is 23.0 Å². The van der Waals surface area contributed by atoms with Gasteiger partial charge < -0.3 is 14.3 Å². The number of ether oxygens (including phenoxy) is 1. The van der Waals surface area contributed by atoms with Gasteiger partial charge in [0.1, 0.15) is 5.75 Å². The van der Waals surface area contributed by atoms with Crippen molar-refractivity contribution in [2.45, 2.75) is 39.2 Å². The first-order chi connectivity index (χ1) is 9.03. The Morgan fingerprint density at radius 1 is 1.42 bits per heavy atom. The molecule has 1 N–H and O–H groups in total. The number of fused-ring (bicyclic) bond motifs is 1. The fourth-order valence-electron chi connectivity index (χ4n) is 3.33. The van der Waals surface area contributed by atoms with Gasteiger partial charge in [0.2, 0.25) is 0 Å². The highest BCUT2D eigenvalue weighted by molar-refractivity contribution is 7.71. The molecule has 2 aromatic rings. The van der Waals surface area contributed by atoms with Gasteiger partial charge in [0, 0.05) is 12.1 Å². The van der Waals surface area contributed by atoms with Crippen LogP contribution in [0.15, 0.2) is 18.2 Å². The predicted molar refractivity (Wildman–Crippen MR) is 80.3 cm³/mol. The second-order valence-corrected chi connectivity index (χ2v) is 6.47. The largest absolute Gasteiger partial charge is 0.497 e. The lowest BCUT2D eigenvalue weighted by molar-refractivity contribution is 0.264. The second kappa shape index (κ2) is 4.37. The fraction of sp³-hybridized carbons (Fsp3) is 0.533. The highest BCUT2D eigenvalue weighted by atomic mass is 32.1. The first kappa shape index (κ1) is 12.7. The number of benzene rings is 1. The number of nitrogens with one attached hydrogen (secondary N) is 1. The van der Waals surface area contributed by atoms with Crippen molar-refractivity contribution in [3.63, 3.8) is 0 Å². The molecule has 3 rings (SSSR count). The first-order valence-electron chi connectivity index (χ1n) is 6.81. The van der Waals surface area contributed by atoms with E-state index in [-0.39, 0.29) is 0 Å². The van der Waals surface area contributed by atoms with Crippen LogP contribution in [0.25, 0.3) is 11.0 Å². The van der Waals surface area contributed by atoms with Crippen molar-refractivity contribution in [1.82, 2.24) is 9.55 Å². The lowest BCUT2D eigenvalue weighted by atomic mass is 9.87. The number of hydrogen-bond acceptors (Lipinski definition) is 2. The Bertz CT molecular complexity index is 668. The molecule has 1 atom stereocenters. The fourth-order valence-corrected chi connectivity index (χ4v) is 3.67.